The Balaban J connectivity index is 2.89. The highest BCUT2D eigenvalue weighted by Gasteiger charge is 2.20. The summed E-state index contributed by atoms with van der Waals surface area (Å²) in [5, 5.41) is 9.68. The van der Waals surface area contributed by atoms with Gasteiger partial charge in [0.05, 0.1) is 11.6 Å². The van der Waals surface area contributed by atoms with E-state index in [1.165, 1.54) is 32.4 Å². The minimum Gasteiger partial charge on any atom is -0.506 e. The maximum atomic E-state index is 11.9. The average molecular weight is 295 g/mol. The molecule has 0 spiro atoms. The quantitative estimate of drug-likeness (QED) is 0.775. The summed E-state index contributed by atoms with van der Waals surface area (Å²) in [6.07, 6.45) is 0. The van der Waals surface area contributed by atoms with E-state index in [4.69, 9.17) is 16.3 Å². The van der Waals surface area contributed by atoms with Crippen molar-refractivity contribution in [3.63, 3.8) is 0 Å². The van der Waals surface area contributed by atoms with Crippen molar-refractivity contribution in [2.75, 3.05) is 32.0 Å². The molecule has 1 aromatic carbocycles. The van der Waals surface area contributed by atoms with Gasteiger partial charge in [0.25, 0.3) is 0 Å². The van der Waals surface area contributed by atoms with Gasteiger partial charge in [-0.25, -0.2) is 0 Å². The van der Waals surface area contributed by atoms with Gasteiger partial charge in [0.2, 0.25) is 0 Å². The van der Waals surface area contributed by atoms with Crippen LogP contribution in [-0.4, -0.2) is 45.1 Å². The molecule has 0 unspecified atom stereocenters. The van der Waals surface area contributed by atoms with Crippen LogP contribution in [0, 0.1) is 0 Å². The number of nitrogens with zero attached hydrogens (tertiary/aromatic N) is 1. The van der Waals surface area contributed by atoms with E-state index >= 15 is 0 Å². The van der Waals surface area contributed by atoms with Crippen molar-refractivity contribution >= 4 is 27.5 Å². The Labute approximate surface area is 111 Å². The van der Waals surface area contributed by atoms with Gasteiger partial charge in [-0.1, -0.05) is 17.7 Å². The maximum absolute atomic E-state index is 11.9. The van der Waals surface area contributed by atoms with Crippen LogP contribution in [0.25, 0.3) is 0 Å². The average Bonchev–Trinajstić information content (AvgIpc) is 2.31. The Morgan fingerprint density at radius 2 is 2.17 bits per heavy atom. The number of para-hydroxylation sites is 1. The van der Waals surface area contributed by atoms with Crippen molar-refractivity contribution in [1.29, 1.82) is 0 Å². The van der Waals surface area contributed by atoms with Crippen LogP contribution in [-0.2, 0) is 14.9 Å². The topological polar surface area (TPSA) is 78.9 Å². The predicted octanol–water partition coefficient (Wildman–Crippen LogP) is 1.28. The molecule has 0 atom stereocenters. The normalized spacial score (nSPS) is 11.8. The van der Waals surface area contributed by atoms with E-state index in [0.717, 1.165) is 4.31 Å². The van der Waals surface area contributed by atoms with Gasteiger partial charge < -0.3 is 9.84 Å². The summed E-state index contributed by atoms with van der Waals surface area (Å²) in [7, 11) is -0.894. The van der Waals surface area contributed by atoms with Crippen LogP contribution in [0.1, 0.15) is 0 Å². The smallest absolute Gasteiger partial charge is 0.301 e. The van der Waals surface area contributed by atoms with Crippen LogP contribution in [0.4, 0.5) is 5.69 Å². The third-order valence-corrected chi connectivity index (χ3v) is 4.02. The van der Waals surface area contributed by atoms with Crippen molar-refractivity contribution in [2.24, 2.45) is 0 Å². The van der Waals surface area contributed by atoms with Crippen LogP contribution < -0.4 is 4.72 Å². The monoisotopic (exact) mass is 294 g/mol. The van der Waals surface area contributed by atoms with Gasteiger partial charge in [-0.3, -0.25) is 4.72 Å². The molecule has 8 heteroatoms. The molecule has 0 amide bonds. The molecule has 0 aliphatic carbocycles. The van der Waals surface area contributed by atoms with E-state index in [-0.39, 0.29) is 29.6 Å². The number of anilines is 1. The number of aromatic hydroxyl groups is 1. The van der Waals surface area contributed by atoms with Crippen LogP contribution >= 0.6 is 11.6 Å². The van der Waals surface area contributed by atoms with Crippen molar-refractivity contribution in [2.45, 2.75) is 0 Å². The first-order valence-corrected chi connectivity index (χ1v) is 6.91. The van der Waals surface area contributed by atoms with E-state index in [9.17, 15) is 13.5 Å². The van der Waals surface area contributed by atoms with Crippen molar-refractivity contribution in [3.05, 3.63) is 23.2 Å². The summed E-state index contributed by atoms with van der Waals surface area (Å²) in [5.41, 5.74) is -0.0385. The summed E-state index contributed by atoms with van der Waals surface area (Å²) in [4.78, 5) is 0. The molecule has 0 radical (unpaired) electrons. The van der Waals surface area contributed by atoms with Gasteiger partial charge >= 0.3 is 10.2 Å². The summed E-state index contributed by atoms with van der Waals surface area (Å²) < 4.78 is 31.9. The van der Waals surface area contributed by atoms with Crippen molar-refractivity contribution in [3.8, 4) is 5.75 Å². The highest BCUT2D eigenvalue weighted by Crippen LogP contribution is 2.32. The van der Waals surface area contributed by atoms with Gasteiger partial charge in [-0.15, -0.1) is 0 Å². The Bertz CT molecular complexity index is 486. The molecule has 102 valence electrons. The van der Waals surface area contributed by atoms with Crippen molar-refractivity contribution in [1.82, 2.24) is 4.31 Å². The number of phenols is 1. The molecule has 0 saturated heterocycles. The molecule has 0 bridgehead atoms. The van der Waals surface area contributed by atoms with Crippen LogP contribution in [0.2, 0.25) is 5.02 Å². The largest absolute Gasteiger partial charge is 0.506 e. The molecule has 0 heterocycles. The molecule has 0 fully saturated rings. The molecule has 0 saturated carbocycles. The van der Waals surface area contributed by atoms with Gasteiger partial charge in [0.15, 0.2) is 0 Å². The predicted molar refractivity (Wildman–Crippen MR) is 70.2 cm³/mol. The SMILES string of the molecule is COCCN(C)S(=O)(=O)Nc1c(O)cccc1Cl. The zero-order valence-electron chi connectivity index (χ0n) is 10.1. The second-order valence-electron chi connectivity index (χ2n) is 3.56. The zero-order valence-corrected chi connectivity index (χ0v) is 11.6. The Morgan fingerprint density at radius 1 is 1.50 bits per heavy atom. The van der Waals surface area contributed by atoms with E-state index in [0.29, 0.717) is 0 Å². The highest BCUT2D eigenvalue weighted by molar-refractivity contribution is 7.90. The second-order valence-corrected chi connectivity index (χ2v) is 5.74. The van der Waals surface area contributed by atoms with Gasteiger partial charge in [0.1, 0.15) is 11.4 Å². The number of benzene rings is 1. The molecular weight excluding hydrogens is 280 g/mol. The van der Waals surface area contributed by atoms with E-state index < -0.39 is 10.2 Å². The van der Waals surface area contributed by atoms with Gasteiger partial charge in [-0.05, 0) is 12.1 Å². The molecule has 18 heavy (non-hydrogen) atoms. The number of likely N-dealkylation sites (N-methyl/N-ethyl adjacent to an activating group) is 1. The second kappa shape index (κ2) is 6.24. The number of halogens is 1. The first-order valence-electron chi connectivity index (χ1n) is 5.09. The number of methoxy groups -OCH3 is 1. The van der Waals surface area contributed by atoms with Gasteiger partial charge in [0, 0.05) is 20.7 Å². The van der Waals surface area contributed by atoms with E-state index in [1.54, 1.807) is 0 Å². The maximum Gasteiger partial charge on any atom is 0.301 e. The third kappa shape index (κ3) is 3.74. The lowest BCUT2D eigenvalue weighted by atomic mass is 10.3. The highest BCUT2D eigenvalue weighted by atomic mass is 35.5. The molecule has 0 aromatic heterocycles. The Morgan fingerprint density at radius 3 is 2.72 bits per heavy atom. The molecule has 0 aliphatic rings. The Hall–Kier alpha value is -1.02. The molecule has 6 nitrogen and oxygen atoms in total. The minimum atomic E-state index is -3.77. The number of hydrogen-bond donors (Lipinski definition) is 2. The fourth-order valence-corrected chi connectivity index (χ4v) is 2.38. The fraction of sp³-hybridized carbons (Fsp3) is 0.400. The zero-order chi connectivity index (χ0) is 13.8. The molecule has 2 N–H and O–H groups in total. The van der Waals surface area contributed by atoms with E-state index in [2.05, 4.69) is 4.72 Å². The summed E-state index contributed by atoms with van der Waals surface area (Å²) in [6.45, 7) is 0.461. The first-order chi connectivity index (χ1) is 8.38. The third-order valence-electron chi connectivity index (χ3n) is 2.24. The van der Waals surface area contributed by atoms with Crippen molar-refractivity contribution < 1.29 is 18.3 Å². The number of ether oxygens (including phenoxy) is 1. The van der Waals surface area contributed by atoms with Crippen LogP contribution in [0.15, 0.2) is 18.2 Å². The minimum absolute atomic E-state index is 0.0385. The standard InChI is InChI=1S/C10H15ClN2O4S/c1-13(6-7-17-2)18(15,16)12-10-8(11)4-3-5-9(10)14/h3-5,12,14H,6-7H2,1-2H3. The molecule has 1 rings (SSSR count). The molecule has 0 aliphatic heterocycles. The fourth-order valence-electron chi connectivity index (χ4n) is 1.16. The summed E-state index contributed by atoms with van der Waals surface area (Å²) in [5.74, 6) is -0.230. The lowest BCUT2D eigenvalue weighted by Crippen LogP contribution is -2.34. The molecule has 1 aromatic rings. The first kappa shape index (κ1) is 15.0. The van der Waals surface area contributed by atoms with Crippen LogP contribution in [0.5, 0.6) is 5.75 Å². The number of hydrogen-bond acceptors (Lipinski definition) is 4. The lowest BCUT2D eigenvalue weighted by molar-refractivity contribution is 0.185. The summed E-state index contributed by atoms with van der Waals surface area (Å²) >= 11 is 5.81. The lowest BCUT2D eigenvalue weighted by Gasteiger charge is -2.18. The van der Waals surface area contributed by atoms with Gasteiger partial charge in [-0.2, -0.15) is 12.7 Å². The number of phenolic OH excluding ortho intramolecular Hbond substituents is 1. The number of nitrogens with one attached hydrogen (secondary N) is 1. The van der Waals surface area contributed by atoms with Crippen LogP contribution in [0.3, 0.4) is 0 Å². The van der Waals surface area contributed by atoms with E-state index in [1.807, 2.05) is 0 Å². The number of rotatable bonds is 6. The Kier molecular flexibility index (Phi) is 5.21. The molecular formula is C10H15ClN2O4S. The summed E-state index contributed by atoms with van der Waals surface area (Å²) in [6, 6.07) is 4.34.